The molecule has 104 valence electrons. The van der Waals surface area contributed by atoms with Crippen molar-refractivity contribution in [1.29, 1.82) is 0 Å². The SMILES string of the molecule is Cc1cccc(C)c1C1CC(N)c2cc(Cl)ccc2O1. The molecule has 2 nitrogen and oxygen atoms in total. The number of fused-ring (bicyclic) bond motifs is 1. The van der Waals surface area contributed by atoms with E-state index >= 15 is 0 Å². The third kappa shape index (κ3) is 2.30. The molecule has 2 unspecified atom stereocenters. The molecule has 20 heavy (non-hydrogen) atoms. The van der Waals surface area contributed by atoms with Gasteiger partial charge in [0.2, 0.25) is 0 Å². The molecule has 0 amide bonds. The van der Waals surface area contributed by atoms with Crippen LogP contribution < -0.4 is 10.5 Å². The summed E-state index contributed by atoms with van der Waals surface area (Å²) in [4.78, 5) is 0. The van der Waals surface area contributed by atoms with Crippen molar-refractivity contribution in [3.05, 3.63) is 63.7 Å². The lowest BCUT2D eigenvalue weighted by Gasteiger charge is -2.32. The van der Waals surface area contributed by atoms with Crippen molar-refractivity contribution in [3.8, 4) is 5.75 Å². The minimum Gasteiger partial charge on any atom is -0.485 e. The molecule has 0 saturated heterocycles. The summed E-state index contributed by atoms with van der Waals surface area (Å²) in [5, 5.41) is 0.702. The molecule has 1 heterocycles. The van der Waals surface area contributed by atoms with Crippen molar-refractivity contribution in [1.82, 2.24) is 0 Å². The maximum Gasteiger partial charge on any atom is 0.126 e. The predicted octanol–water partition coefficient (Wildman–Crippen LogP) is 4.48. The second-order valence-electron chi connectivity index (χ2n) is 5.44. The molecule has 1 aliphatic rings. The average molecular weight is 288 g/mol. The Morgan fingerprint density at radius 3 is 2.55 bits per heavy atom. The molecular formula is C17H18ClNO. The van der Waals surface area contributed by atoms with Crippen molar-refractivity contribution in [2.75, 3.05) is 0 Å². The van der Waals surface area contributed by atoms with Gasteiger partial charge in [-0.25, -0.2) is 0 Å². The highest BCUT2D eigenvalue weighted by Crippen LogP contribution is 2.42. The van der Waals surface area contributed by atoms with E-state index in [4.69, 9.17) is 22.1 Å². The summed E-state index contributed by atoms with van der Waals surface area (Å²) in [6, 6.07) is 11.9. The third-order valence-electron chi connectivity index (χ3n) is 3.97. The van der Waals surface area contributed by atoms with Gasteiger partial charge in [-0.15, -0.1) is 0 Å². The minimum absolute atomic E-state index is 0.0138. The average Bonchev–Trinajstić information content (AvgIpc) is 2.39. The van der Waals surface area contributed by atoms with Crippen LogP contribution >= 0.6 is 11.6 Å². The molecular weight excluding hydrogens is 270 g/mol. The highest BCUT2D eigenvalue weighted by molar-refractivity contribution is 6.30. The molecule has 0 spiro atoms. The van der Waals surface area contributed by atoms with Gasteiger partial charge in [0.25, 0.3) is 0 Å². The van der Waals surface area contributed by atoms with Crippen LogP contribution in [0.25, 0.3) is 0 Å². The van der Waals surface area contributed by atoms with Crippen LogP contribution in [0.3, 0.4) is 0 Å². The molecule has 0 bridgehead atoms. The van der Waals surface area contributed by atoms with Crippen molar-refractivity contribution in [2.45, 2.75) is 32.4 Å². The number of hydrogen-bond donors (Lipinski definition) is 1. The molecule has 1 aliphatic heterocycles. The van der Waals surface area contributed by atoms with Gasteiger partial charge in [0, 0.05) is 23.0 Å². The van der Waals surface area contributed by atoms with Crippen LogP contribution in [0.15, 0.2) is 36.4 Å². The van der Waals surface area contributed by atoms with Crippen LogP contribution in [0.4, 0.5) is 0 Å². The van der Waals surface area contributed by atoms with Gasteiger partial charge in [0.1, 0.15) is 11.9 Å². The van der Waals surface area contributed by atoms with E-state index in [-0.39, 0.29) is 12.1 Å². The molecule has 0 radical (unpaired) electrons. The van der Waals surface area contributed by atoms with Gasteiger partial charge in [-0.2, -0.15) is 0 Å². The van der Waals surface area contributed by atoms with E-state index in [1.807, 2.05) is 18.2 Å². The number of aryl methyl sites for hydroxylation is 2. The zero-order chi connectivity index (χ0) is 14.3. The Bertz CT molecular complexity index is 633. The molecule has 2 aromatic rings. The fraction of sp³-hybridized carbons (Fsp3) is 0.294. The van der Waals surface area contributed by atoms with E-state index in [9.17, 15) is 0 Å². The van der Waals surface area contributed by atoms with Gasteiger partial charge in [-0.1, -0.05) is 29.8 Å². The molecule has 0 aliphatic carbocycles. The molecule has 2 N–H and O–H groups in total. The standard InChI is InChI=1S/C17H18ClNO/c1-10-4-3-5-11(2)17(10)16-9-14(19)13-8-12(18)6-7-15(13)20-16/h3-8,14,16H,9,19H2,1-2H3. The second-order valence-corrected chi connectivity index (χ2v) is 5.87. The summed E-state index contributed by atoms with van der Waals surface area (Å²) in [6.07, 6.45) is 0.791. The topological polar surface area (TPSA) is 35.2 Å². The van der Waals surface area contributed by atoms with E-state index in [2.05, 4.69) is 32.0 Å². The zero-order valence-electron chi connectivity index (χ0n) is 11.7. The Labute approximate surface area is 124 Å². The Kier molecular flexibility index (Phi) is 3.45. The quantitative estimate of drug-likeness (QED) is 0.839. The molecule has 2 atom stereocenters. The first-order valence-electron chi connectivity index (χ1n) is 6.84. The van der Waals surface area contributed by atoms with Crippen LogP contribution in [-0.4, -0.2) is 0 Å². The van der Waals surface area contributed by atoms with Crippen LogP contribution in [0.2, 0.25) is 5.02 Å². The first-order chi connectivity index (χ1) is 9.56. The number of halogens is 1. The number of hydrogen-bond acceptors (Lipinski definition) is 2. The number of ether oxygens (including phenoxy) is 1. The maximum absolute atomic E-state index is 6.30. The van der Waals surface area contributed by atoms with Crippen LogP contribution in [-0.2, 0) is 0 Å². The van der Waals surface area contributed by atoms with Crippen LogP contribution in [0, 0.1) is 13.8 Å². The smallest absolute Gasteiger partial charge is 0.126 e. The third-order valence-corrected chi connectivity index (χ3v) is 4.21. The van der Waals surface area contributed by atoms with Crippen molar-refractivity contribution >= 4 is 11.6 Å². The highest BCUT2D eigenvalue weighted by atomic mass is 35.5. The summed E-state index contributed by atoms with van der Waals surface area (Å²) in [5.74, 6) is 0.848. The van der Waals surface area contributed by atoms with Gasteiger partial charge in [0.05, 0.1) is 0 Å². The van der Waals surface area contributed by atoms with E-state index in [0.717, 1.165) is 17.7 Å². The minimum atomic E-state index is -0.0403. The lowest BCUT2D eigenvalue weighted by Crippen LogP contribution is -2.25. The monoisotopic (exact) mass is 287 g/mol. The summed E-state index contributed by atoms with van der Waals surface area (Å²) < 4.78 is 6.17. The molecule has 0 fully saturated rings. The van der Waals surface area contributed by atoms with Crippen molar-refractivity contribution in [3.63, 3.8) is 0 Å². The summed E-state index contributed by atoms with van der Waals surface area (Å²) >= 11 is 6.03. The van der Waals surface area contributed by atoms with E-state index in [0.29, 0.717) is 5.02 Å². The van der Waals surface area contributed by atoms with Gasteiger partial charge in [-0.3, -0.25) is 0 Å². The highest BCUT2D eigenvalue weighted by Gasteiger charge is 2.28. The molecule has 2 aromatic carbocycles. The van der Waals surface area contributed by atoms with E-state index in [1.54, 1.807) is 0 Å². The summed E-state index contributed by atoms with van der Waals surface area (Å²) in [6.45, 7) is 4.24. The Morgan fingerprint density at radius 2 is 1.85 bits per heavy atom. The lowest BCUT2D eigenvalue weighted by atomic mass is 9.89. The Balaban J connectivity index is 2.01. The Morgan fingerprint density at radius 1 is 1.15 bits per heavy atom. The molecule has 3 heteroatoms. The normalized spacial score (nSPS) is 21.2. The number of rotatable bonds is 1. The van der Waals surface area contributed by atoms with E-state index in [1.165, 1.54) is 16.7 Å². The lowest BCUT2D eigenvalue weighted by molar-refractivity contribution is 0.160. The fourth-order valence-electron chi connectivity index (χ4n) is 2.99. The molecule has 0 saturated carbocycles. The maximum atomic E-state index is 6.30. The van der Waals surface area contributed by atoms with Gasteiger partial charge in [-0.05, 0) is 48.7 Å². The Hall–Kier alpha value is -1.51. The van der Waals surface area contributed by atoms with Crippen LogP contribution in [0.5, 0.6) is 5.75 Å². The van der Waals surface area contributed by atoms with Gasteiger partial charge in [0.15, 0.2) is 0 Å². The number of nitrogens with two attached hydrogens (primary N) is 1. The fourth-order valence-corrected chi connectivity index (χ4v) is 3.17. The van der Waals surface area contributed by atoms with Crippen LogP contribution in [0.1, 0.15) is 40.8 Å². The van der Waals surface area contributed by atoms with Gasteiger partial charge < -0.3 is 10.5 Å². The first kappa shape index (κ1) is 13.5. The zero-order valence-corrected chi connectivity index (χ0v) is 12.4. The predicted molar refractivity (Wildman–Crippen MR) is 82.3 cm³/mol. The van der Waals surface area contributed by atoms with E-state index < -0.39 is 0 Å². The van der Waals surface area contributed by atoms with Crippen molar-refractivity contribution in [2.24, 2.45) is 5.73 Å². The summed E-state index contributed by atoms with van der Waals surface area (Å²) in [7, 11) is 0. The van der Waals surface area contributed by atoms with Crippen molar-refractivity contribution < 1.29 is 4.74 Å². The molecule has 3 rings (SSSR count). The first-order valence-corrected chi connectivity index (χ1v) is 7.22. The second kappa shape index (κ2) is 5.12. The largest absolute Gasteiger partial charge is 0.485 e. The summed E-state index contributed by atoms with van der Waals surface area (Å²) in [5.41, 5.74) is 11.1. The molecule has 0 aromatic heterocycles. The van der Waals surface area contributed by atoms with Gasteiger partial charge >= 0.3 is 0 Å². The number of benzene rings is 2.